The molecule has 7 aromatic carbocycles. The second-order valence-electron chi connectivity index (χ2n) is 18.8. The summed E-state index contributed by atoms with van der Waals surface area (Å²) in [5.41, 5.74) is 18.8. The van der Waals surface area contributed by atoms with Gasteiger partial charge in [0.15, 0.2) is 0 Å². The zero-order valence-electron chi connectivity index (χ0n) is 32.8. The zero-order chi connectivity index (χ0) is 37.3. The first-order valence-electron chi connectivity index (χ1n) is 22.1. The van der Waals surface area contributed by atoms with Crippen molar-refractivity contribution in [2.45, 2.75) is 75.0 Å². The monoisotopic (exact) mass is 735 g/mol. The summed E-state index contributed by atoms with van der Waals surface area (Å²) in [7, 11) is 0. The molecule has 4 bridgehead atoms. The van der Waals surface area contributed by atoms with Gasteiger partial charge in [-0.25, -0.2) is 0 Å². The molecule has 0 amide bonds. The summed E-state index contributed by atoms with van der Waals surface area (Å²) in [6.45, 7) is 0. The van der Waals surface area contributed by atoms with Crippen molar-refractivity contribution in [2.24, 2.45) is 23.7 Å². The minimum atomic E-state index is 0.105. The Morgan fingerprint density at radius 3 is 1.68 bits per heavy atom. The lowest BCUT2D eigenvalue weighted by atomic mass is 9.43. The van der Waals surface area contributed by atoms with E-state index in [1.165, 1.54) is 125 Å². The molecule has 0 unspecified atom stereocenters. The molecule has 7 aromatic rings. The molecular weight excluding hydrogens is 687 g/mol. The smallest absolute Gasteiger partial charge is 0.0465 e. The number of benzene rings is 7. The number of fused-ring (bicyclic) bond motifs is 9. The molecule has 7 aliphatic carbocycles. The van der Waals surface area contributed by atoms with Crippen LogP contribution in [-0.4, -0.2) is 0 Å². The molecule has 0 heterocycles. The molecule has 0 radical (unpaired) electrons. The van der Waals surface area contributed by atoms with E-state index in [0.717, 1.165) is 23.7 Å². The maximum Gasteiger partial charge on any atom is 0.0465 e. The second-order valence-corrected chi connectivity index (χ2v) is 18.8. The van der Waals surface area contributed by atoms with Crippen molar-refractivity contribution in [1.82, 2.24) is 0 Å². The second kappa shape index (κ2) is 12.1. The molecule has 0 aliphatic heterocycles. The van der Waals surface area contributed by atoms with Gasteiger partial charge in [0.1, 0.15) is 0 Å². The Labute approximate surface area is 337 Å². The number of rotatable bonds is 4. The fourth-order valence-electron chi connectivity index (χ4n) is 14.3. The summed E-state index contributed by atoms with van der Waals surface area (Å²) in [5.74, 6) is 3.34. The van der Waals surface area contributed by atoms with Gasteiger partial charge in [-0.2, -0.15) is 0 Å². The Kier molecular flexibility index (Phi) is 6.91. The van der Waals surface area contributed by atoms with E-state index >= 15 is 0 Å². The van der Waals surface area contributed by atoms with Crippen LogP contribution in [0.4, 0.5) is 17.1 Å². The first-order chi connectivity index (χ1) is 28.2. The van der Waals surface area contributed by atoms with E-state index in [2.05, 4.69) is 157 Å². The van der Waals surface area contributed by atoms with Crippen LogP contribution in [0.15, 0.2) is 152 Å². The van der Waals surface area contributed by atoms with Gasteiger partial charge < -0.3 is 4.90 Å². The maximum absolute atomic E-state index is 2.68. The quantitative estimate of drug-likeness (QED) is 0.174. The summed E-state index contributed by atoms with van der Waals surface area (Å²) in [6, 6.07) is 59.0. The predicted octanol–water partition coefficient (Wildman–Crippen LogP) is 14.9. The number of hydrogen-bond donors (Lipinski definition) is 0. The van der Waals surface area contributed by atoms with Crippen molar-refractivity contribution in [3.63, 3.8) is 0 Å². The van der Waals surface area contributed by atoms with Gasteiger partial charge in [-0.3, -0.25) is 0 Å². The molecule has 0 saturated heterocycles. The van der Waals surface area contributed by atoms with Gasteiger partial charge in [0.25, 0.3) is 0 Å². The minimum Gasteiger partial charge on any atom is -0.310 e. The van der Waals surface area contributed by atoms with Crippen molar-refractivity contribution < 1.29 is 0 Å². The highest BCUT2D eigenvalue weighted by Gasteiger charge is 2.61. The highest BCUT2D eigenvalue weighted by atomic mass is 15.1. The van der Waals surface area contributed by atoms with Gasteiger partial charge in [0.05, 0.1) is 0 Å². The van der Waals surface area contributed by atoms with Gasteiger partial charge in [0.2, 0.25) is 0 Å². The Morgan fingerprint density at radius 2 is 0.947 bits per heavy atom. The lowest BCUT2D eigenvalue weighted by Crippen LogP contribution is -2.55. The highest BCUT2D eigenvalue weighted by Crippen LogP contribution is 2.69. The van der Waals surface area contributed by atoms with E-state index in [0.29, 0.717) is 0 Å². The molecule has 278 valence electrons. The van der Waals surface area contributed by atoms with Crippen LogP contribution in [0.2, 0.25) is 0 Å². The van der Waals surface area contributed by atoms with Crippen LogP contribution in [0.25, 0.3) is 44.2 Å². The van der Waals surface area contributed by atoms with Gasteiger partial charge >= 0.3 is 0 Å². The Hall–Kier alpha value is -5.40. The fourth-order valence-corrected chi connectivity index (χ4v) is 14.3. The van der Waals surface area contributed by atoms with Crippen LogP contribution < -0.4 is 4.90 Å². The Balaban J connectivity index is 1.00. The van der Waals surface area contributed by atoms with Crippen molar-refractivity contribution in [1.29, 1.82) is 0 Å². The first-order valence-corrected chi connectivity index (χ1v) is 22.1. The molecule has 1 heteroatoms. The molecule has 14 rings (SSSR count). The number of anilines is 3. The van der Waals surface area contributed by atoms with Crippen molar-refractivity contribution in [3.8, 4) is 33.4 Å². The molecule has 1 nitrogen and oxygen atoms in total. The molecule has 0 aromatic heterocycles. The molecule has 57 heavy (non-hydrogen) atoms. The fraction of sp³-hybridized carbons (Fsp3) is 0.286. The summed E-state index contributed by atoms with van der Waals surface area (Å²) in [5, 5.41) is 2.59. The van der Waals surface area contributed by atoms with E-state index in [1.807, 2.05) is 0 Å². The highest BCUT2D eigenvalue weighted by molar-refractivity contribution is 5.97. The average molecular weight is 736 g/mol. The standard InChI is InChI=1S/C56H49N/c1-8-27-55(28-9-1)51-17-6-4-14-47(51)49-25-23-43(34-53(49)55)57(42-21-19-39(20-22-42)46-16-10-12-38-11-2-3-13-45(38)46)44-24-26-50-48-15-5-7-18-52(48)56(54(50)35-44)40-30-36-29-37(32-40)33-41(56)31-36/h2-7,10-26,34-37,40-41H,1,8-9,27-33H2. The van der Waals surface area contributed by atoms with Crippen molar-refractivity contribution >= 4 is 27.8 Å². The third-order valence-electron chi connectivity index (χ3n) is 16.2. The lowest BCUT2D eigenvalue weighted by molar-refractivity contribution is -0.0399. The molecule has 0 atom stereocenters. The van der Waals surface area contributed by atoms with Crippen LogP contribution in [-0.2, 0) is 10.8 Å². The summed E-state index contributed by atoms with van der Waals surface area (Å²) >= 11 is 0. The number of nitrogens with zero attached hydrogens (tertiary/aromatic N) is 1. The molecule has 5 fully saturated rings. The van der Waals surface area contributed by atoms with E-state index in [9.17, 15) is 0 Å². The van der Waals surface area contributed by atoms with E-state index < -0.39 is 0 Å². The third-order valence-corrected chi connectivity index (χ3v) is 16.2. The largest absolute Gasteiger partial charge is 0.310 e. The average Bonchev–Trinajstić information content (AvgIpc) is 3.69. The third kappa shape index (κ3) is 4.47. The lowest BCUT2D eigenvalue weighted by Gasteiger charge is -2.61. The molecular formula is C56H49N. The van der Waals surface area contributed by atoms with Gasteiger partial charge in [0, 0.05) is 27.9 Å². The molecule has 7 aliphatic rings. The van der Waals surface area contributed by atoms with Crippen LogP contribution >= 0.6 is 0 Å². The SMILES string of the molecule is c1ccc2c(c1)-c1ccc(N(c3ccc(-c4cccc5ccccc45)cc3)c3ccc4c(c3)C3(c5ccccc5-4)C4CC5CC(C4)CC3C5)cc1C21CCCCC1. The van der Waals surface area contributed by atoms with Crippen LogP contribution in [0, 0.1) is 23.7 Å². The van der Waals surface area contributed by atoms with E-state index in [-0.39, 0.29) is 10.8 Å². The van der Waals surface area contributed by atoms with Gasteiger partial charge in [-0.05, 0) is 171 Å². The Morgan fingerprint density at radius 1 is 0.404 bits per heavy atom. The van der Waals surface area contributed by atoms with E-state index in [1.54, 1.807) is 22.3 Å². The van der Waals surface area contributed by atoms with Gasteiger partial charge in [-0.15, -0.1) is 0 Å². The summed E-state index contributed by atoms with van der Waals surface area (Å²) in [6.07, 6.45) is 13.5. The van der Waals surface area contributed by atoms with Crippen LogP contribution in [0.3, 0.4) is 0 Å². The van der Waals surface area contributed by atoms with Gasteiger partial charge in [-0.1, -0.05) is 135 Å². The number of hydrogen-bond acceptors (Lipinski definition) is 1. The van der Waals surface area contributed by atoms with Crippen molar-refractivity contribution in [3.05, 3.63) is 174 Å². The van der Waals surface area contributed by atoms with Crippen molar-refractivity contribution in [2.75, 3.05) is 4.90 Å². The maximum atomic E-state index is 2.68. The zero-order valence-corrected chi connectivity index (χ0v) is 32.8. The molecule has 0 N–H and O–H groups in total. The van der Waals surface area contributed by atoms with Crippen LogP contribution in [0.1, 0.15) is 86.5 Å². The predicted molar refractivity (Wildman–Crippen MR) is 237 cm³/mol. The van der Waals surface area contributed by atoms with E-state index in [4.69, 9.17) is 0 Å². The summed E-state index contributed by atoms with van der Waals surface area (Å²) < 4.78 is 0. The molecule has 5 saturated carbocycles. The minimum absolute atomic E-state index is 0.105. The summed E-state index contributed by atoms with van der Waals surface area (Å²) in [4.78, 5) is 2.61. The normalized spacial score (nSPS) is 25.4. The molecule has 2 spiro atoms. The topological polar surface area (TPSA) is 3.24 Å². The van der Waals surface area contributed by atoms with Crippen LogP contribution in [0.5, 0.6) is 0 Å². The first kappa shape index (κ1) is 32.7. The Bertz CT molecular complexity index is 2710.